The van der Waals surface area contributed by atoms with Crippen molar-refractivity contribution in [1.82, 2.24) is 9.97 Å². The minimum absolute atomic E-state index is 0.306. The van der Waals surface area contributed by atoms with Gasteiger partial charge in [0.2, 0.25) is 5.95 Å². The summed E-state index contributed by atoms with van der Waals surface area (Å²) >= 11 is 0. The van der Waals surface area contributed by atoms with Crippen LogP contribution in [-0.2, 0) is 0 Å². The lowest BCUT2D eigenvalue weighted by Crippen LogP contribution is -1.95. The summed E-state index contributed by atoms with van der Waals surface area (Å²) in [5, 5.41) is 2.93. The fourth-order valence-corrected chi connectivity index (χ4v) is 1.94. The Balaban J connectivity index is 1.96. The van der Waals surface area contributed by atoms with E-state index in [2.05, 4.69) is 15.3 Å². The molecule has 0 bridgehead atoms. The number of aromatic nitrogens is 2. The Morgan fingerprint density at radius 1 is 1.21 bits per heavy atom. The summed E-state index contributed by atoms with van der Waals surface area (Å²) in [6.45, 7) is 1.84. The van der Waals surface area contributed by atoms with Gasteiger partial charge >= 0.3 is 0 Å². The first-order valence-corrected chi connectivity index (χ1v) is 5.90. The molecule has 0 atom stereocenters. The number of nitrogens with one attached hydrogen (secondary N) is 2. The third-order valence-corrected chi connectivity index (χ3v) is 2.88. The van der Waals surface area contributed by atoms with Crippen LogP contribution >= 0.6 is 0 Å². The zero-order valence-corrected chi connectivity index (χ0v) is 10.4. The first-order chi connectivity index (χ1) is 9.11. The Labute approximate surface area is 109 Å². The van der Waals surface area contributed by atoms with Crippen LogP contribution in [0.3, 0.4) is 0 Å². The van der Waals surface area contributed by atoms with E-state index in [0.717, 1.165) is 16.6 Å². The van der Waals surface area contributed by atoms with Gasteiger partial charge in [0.25, 0.3) is 0 Å². The number of H-pyrrole nitrogens is 1. The molecule has 1 heterocycles. The van der Waals surface area contributed by atoms with Crippen LogP contribution in [0, 0.1) is 12.7 Å². The average Bonchev–Trinajstić information content (AvgIpc) is 2.74. The van der Waals surface area contributed by atoms with Gasteiger partial charge in [-0.1, -0.05) is 6.07 Å². The molecule has 0 aliphatic carbocycles. The molecule has 0 saturated carbocycles. The Morgan fingerprint density at radius 3 is 2.84 bits per heavy atom. The molecule has 0 unspecified atom stereocenters. The molecule has 19 heavy (non-hydrogen) atoms. The Kier molecular flexibility index (Phi) is 2.59. The smallest absolute Gasteiger partial charge is 0.205 e. The van der Waals surface area contributed by atoms with Crippen LogP contribution in [0.25, 0.3) is 11.0 Å². The predicted octanol–water partition coefficient (Wildman–Crippen LogP) is 3.34. The quantitative estimate of drug-likeness (QED) is 0.616. The molecule has 5 heteroatoms. The van der Waals surface area contributed by atoms with Crippen LogP contribution in [0.5, 0.6) is 0 Å². The summed E-state index contributed by atoms with van der Waals surface area (Å²) < 4.78 is 13.7. The molecule has 0 aliphatic rings. The van der Waals surface area contributed by atoms with Gasteiger partial charge < -0.3 is 16.0 Å². The SMILES string of the molecule is Cc1ccc(Nc2nc3ccc(N)cc3[nH]2)c(F)c1. The van der Waals surface area contributed by atoms with E-state index in [1.807, 2.05) is 19.1 Å². The first kappa shape index (κ1) is 11.5. The lowest BCUT2D eigenvalue weighted by atomic mass is 10.2. The topological polar surface area (TPSA) is 66.7 Å². The third kappa shape index (κ3) is 2.22. The number of anilines is 3. The van der Waals surface area contributed by atoms with Crippen LogP contribution in [0.2, 0.25) is 0 Å². The van der Waals surface area contributed by atoms with Crippen LogP contribution in [-0.4, -0.2) is 9.97 Å². The zero-order chi connectivity index (χ0) is 13.4. The first-order valence-electron chi connectivity index (χ1n) is 5.90. The van der Waals surface area contributed by atoms with E-state index in [4.69, 9.17) is 5.73 Å². The molecule has 4 N–H and O–H groups in total. The maximum absolute atomic E-state index is 13.7. The normalized spacial score (nSPS) is 10.8. The molecule has 0 fully saturated rings. The minimum atomic E-state index is -0.306. The summed E-state index contributed by atoms with van der Waals surface area (Å²) in [5.74, 6) is 0.184. The lowest BCUT2D eigenvalue weighted by molar-refractivity contribution is 0.630. The fourth-order valence-electron chi connectivity index (χ4n) is 1.94. The van der Waals surface area contributed by atoms with Gasteiger partial charge in [0, 0.05) is 5.69 Å². The standard InChI is InChI=1S/C14H13FN4/c1-8-2-4-11(10(15)6-8)17-14-18-12-5-3-9(16)7-13(12)19-14/h2-7H,16H2,1H3,(H2,17,18,19). The lowest BCUT2D eigenvalue weighted by Gasteiger charge is -2.04. The maximum atomic E-state index is 13.7. The number of hydrogen-bond acceptors (Lipinski definition) is 3. The van der Waals surface area contributed by atoms with Crippen molar-refractivity contribution in [3.63, 3.8) is 0 Å². The van der Waals surface area contributed by atoms with E-state index >= 15 is 0 Å². The van der Waals surface area contributed by atoms with Crippen molar-refractivity contribution in [1.29, 1.82) is 0 Å². The highest BCUT2D eigenvalue weighted by molar-refractivity contribution is 5.81. The molecule has 0 amide bonds. The highest BCUT2D eigenvalue weighted by Gasteiger charge is 2.06. The number of rotatable bonds is 2. The van der Waals surface area contributed by atoms with Gasteiger partial charge in [-0.3, -0.25) is 0 Å². The predicted molar refractivity (Wildman–Crippen MR) is 74.9 cm³/mol. The second kappa shape index (κ2) is 4.28. The molecule has 0 saturated heterocycles. The number of benzene rings is 2. The van der Waals surface area contributed by atoms with Gasteiger partial charge in [-0.05, 0) is 42.8 Å². The summed E-state index contributed by atoms with van der Waals surface area (Å²) in [6, 6.07) is 10.4. The zero-order valence-electron chi connectivity index (χ0n) is 10.4. The number of aryl methyl sites for hydroxylation is 1. The van der Waals surface area contributed by atoms with E-state index in [9.17, 15) is 4.39 Å². The summed E-state index contributed by atoms with van der Waals surface area (Å²) in [5.41, 5.74) is 9.21. The number of imidazole rings is 1. The average molecular weight is 256 g/mol. The van der Waals surface area contributed by atoms with Gasteiger partial charge in [-0.2, -0.15) is 0 Å². The van der Waals surface area contributed by atoms with Crippen LogP contribution in [0.4, 0.5) is 21.7 Å². The van der Waals surface area contributed by atoms with E-state index < -0.39 is 0 Å². The van der Waals surface area contributed by atoms with Gasteiger partial charge in [0.1, 0.15) is 5.82 Å². The van der Waals surface area contributed by atoms with E-state index in [1.54, 1.807) is 18.2 Å². The number of fused-ring (bicyclic) bond motifs is 1. The van der Waals surface area contributed by atoms with Gasteiger partial charge in [-0.15, -0.1) is 0 Å². The molecule has 0 radical (unpaired) electrons. The monoisotopic (exact) mass is 256 g/mol. The van der Waals surface area contributed by atoms with Crippen molar-refractivity contribution in [2.45, 2.75) is 6.92 Å². The number of nitrogen functional groups attached to an aromatic ring is 1. The highest BCUT2D eigenvalue weighted by atomic mass is 19.1. The van der Waals surface area contributed by atoms with Gasteiger partial charge in [-0.25, -0.2) is 9.37 Å². The molecule has 96 valence electrons. The number of nitrogens with two attached hydrogens (primary N) is 1. The molecule has 2 aromatic carbocycles. The van der Waals surface area contributed by atoms with Crippen LogP contribution in [0.15, 0.2) is 36.4 Å². The third-order valence-electron chi connectivity index (χ3n) is 2.88. The van der Waals surface area contributed by atoms with Crippen molar-refractivity contribution < 1.29 is 4.39 Å². The maximum Gasteiger partial charge on any atom is 0.205 e. The van der Waals surface area contributed by atoms with Crippen molar-refractivity contribution in [3.05, 3.63) is 47.8 Å². The van der Waals surface area contributed by atoms with Crippen molar-refractivity contribution in [2.75, 3.05) is 11.1 Å². The molecule has 1 aromatic heterocycles. The highest BCUT2D eigenvalue weighted by Crippen LogP contribution is 2.22. The molecule has 0 aliphatic heterocycles. The molecule has 4 nitrogen and oxygen atoms in total. The van der Waals surface area contributed by atoms with E-state index in [1.165, 1.54) is 6.07 Å². The van der Waals surface area contributed by atoms with Crippen LogP contribution in [0.1, 0.15) is 5.56 Å². The Bertz CT molecular complexity index is 748. The fraction of sp³-hybridized carbons (Fsp3) is 0.0714. The number of halogens is 1. The van der Waals surface area contributed by atoms with Crippen LogP contribution < -0.4 is 11.1 Å². The molecular formula is C14H13FN4. The largest absolute Gasteiger partial charge is 0.399 e. The molecule has 3 rings (SSSR count). The van der Waals surface area contributed by atoms with Crippen molar-refractivity contribution >= 4 is 28.4 Å². The number of nitrogens with zero attached hydrogens (tertiary/aromatic N) is 1. The number of aromatic amines is 1. The molecular weight excluding hydrogens is 243 g/mol. The summed E-state index contributed by atoms with van der Waals surface area (Å²) in [7, 11) is 0. The molecule has 3 aromatic rings. The minimum Gasteiger partial charge on any atom is -0.399 e. The van der Waals surface area contributed by atoms with Crippen molar-refractivity contribution in [2.24, 2.45) is 0 Å². The Hall–Kier alpha value is -2.56. The summed E-state index contributed by atoms with van der Waals surface area (Å²) in [6.07, 6.45) is 0. The summed E-state index contributed by atoms with van der Waals surface area (Å²) in [4.78, 5) is 7.38. The van der Waals surface area contributed by atoms with E-state index in [-0.39, 0.29) is 5.82 Å². The van der Waals surface area contributed by atoms with Gasteiger partial charge in [0.15, 0.2) is 0 Å². The second-order valence-corrected chi connectivity index (χ2v) is 4.47. The van der Waals surface area contributed by atoms with Crippen molar-refractivity contribution in [3.8, 4) is 0 Å². The molecule has 0 spiro atoms. The second-order valence-electron chi connectivity index (χ2n) is 4.47. The number of hydrogen-bond donors (Lipinski definition) is 3. The Morgan fingerprint density at radius 2 is 2.05 bits per heavy atom. The van der Waals surface area contributed by atoms with Gasteiger partial charge in [0.05, 0.1) is 16.7 Å². The van der Waals surface area contributed by atoms with E-state index in [0.29, 0.717) is 17.3 Å².